The summed E-state index contributed by atoms with van der Waals surface area (Å²) < 4.78 is 5.24. The predicted molar refractivity (Wildman–Crippen MR) is 70.9 cm³/mol. The van der Waals surface area contributed by atoms with Gasteiger partial charge in [-0.1, -0.05) is 5.56 Å². The molecule has 0 unspecified atom stereocenters. The molecule has 0 atom stereocenters. The van der Waals surface area contributed by atoms with E-state index < -0.39 is 0 Å². The molecule has 0 heterocycles. The fourth-order valence-corrected chi connectivity index (χ4v) is 2.57. The fourth-order valence-electron chi connectivity index (χ4n) is 2.57. The standard InChI is InChI=1S/C16H13O3.Y/c1-9-12-7-10-5-3-4-6-11(10)16(18)15(12)14(19-2)8-13(9)17;/h3-4,6,8,17H,7H2,1-2H3;/q-1;. The summed E-state index contributed by atoms with van der Waals surface area (Å²) in [5, 5.41) is 9.92. The van der Waals surface area contributed by atoms with Crippen LogP contribution in [0.3, 0.4) is 0 Å². The Kier molecular flexibility index (Phi) is 4.31. The average molecular weight is 342 g/mol. The third-order valence-corrected chi connectivity index (χ3v) is 3.64. The molecule has 0 saturated heterocycles. The van der Waals surface area contributed by atoms with Crippen LogP contribution >= 0.6 is 0 Å². The zero-order valence-corrected chi connectivity index (χ0v) is 14.2. The van der Waals surface area contributed by atoms with Gasteiger partial charge in [-0.3, -0.25) is 0 Å². The van der Waals surface area contributed by atoms with Gasteiger partial charge >= 0.3 is 0 Å². The number of phenolic OH excluding ortho intramolecular Hbond substituents is 1. The van der Waals surface area contributed by atoms with Gasteiger partial charge in [-0.05, 0) is 24.5 Å². The number of phenols is 1. The Morgan fingerprint density at radius 2 is 2.15 bits per heavy atom. The minimum absolute atomic E-state index is 0. The minimum Gasteiger partial charge on any atom is -0.508 e. The van der Waals surface area contributed by atoms with Crippen molar-refractivity contribution in [2.24, 2.45) is 0 Å². The molecule has 20 heavy (non-hydrogen) atoms. The molecule has 0 bridgehead atoms. The molecule has 1 aliphatic carbocycles. The molecule has 0 aromatic heterocycles. The van der Waals surface area contributed by atoms with E-state index in [9.17, 15) is 9.90 Å². The molecule has 4 heteroatoms. The number of benzene rings is 2. The number of hydrogen-bond donors (Lipinski definition) is 1. The number of ketones is 1. The van der Waals surface area contributed by atoms with Crippen LogP contribution in [0.5, 0.6) is 11.5 Å². The number of fused-ring (bicyclic) bond motifs is 2. The zero-order valence-electron chi connectivity index (χ0n) is 11.4. The summed E-state index contributed by atoms with van der Waals surface area (Å²) in [6, 6.07) is 10.0. The van der Waals surface area contributed by atoms with Gasteiger partial charge in [0.2, 0.25) is 0 Å². The first kappa shape index (κ1) is 15.2. The van der Waals surface area contributed by atoms with Crippen LogP contribution in [-0.2, 0) is 39.1 Å². The molecular weight excluding hydrogens is 329 g/mol. The van der Waals surface area contributed by atoms with Gasteiger partial charge in [0.15, 0.2) is 0 Å². The molecule has 2 aromatic carbocycles. The topological polar surface area (TPSA) is 46.5 Å². The molecule has 0 fully saturated rings. The van der Waals surface area contributed by atoms with Crippen molar-refractivity contribution in [3.8, 4) is 11.5 Å². The van der Waals surface area contributed by atoms with Crippen molar-refractivity contribution in [2.75, 3.05) is 7.11 Å². The maximum Gasteiger partial charge on any atom is 0.143 e. The van der Waals surface area contributed by atoms with E-state index in [-0.39, 0.29) is 44.2 Å². The number of hydrogen-bond acceptors (Lipinski definition) is 3. The van der Waals surface area contributed by atoms with Gasteiger partial charge in [0.05, 0.1) is 12.7 Å². The van der Waals surface area contributed by atoms with Crippen molar-refractivity contribution in [3.05, 3.63) is 58.1 Å². The number of rotatable bonds is 1. The Bertz CT molecular complexity index is 692. The molecule has 1 aliphatic rings. The maximum absolute atomic E-state index is 12.6. The van der Waals surface area contributed by atoms with Crippen LogP contribution in [0.2, 0.25) is 0 Å². The van der Waals surface area contributed by atoms with Gasteiger partial charge in [-0.25, -0.2) is 0 Å². The normalized spacial score (nSPS) is 12.2. The smallest absolute Gasteiger partial charge is 0.143 e. The number of methoxy groups -OCH3 is 1. The van der Waals surface area contributed by atoms with Gasteiger partial charge in [-0.15, -0.1) is 5.56 Å². The van der Waals surface area contributed by atoms with Crippen molar-refractivity contribution >= 4 is 5.78 Å². The fraction of sp³-hybridized carbons (Fsp3) is 0.188. The maximum atomic E-state index is 12.6. The first-order valence-corrected chi connectivity index (χ1v) is 6.07. The van der Waals surface area contributed by atoms with Crippen LogP contribution < -0.4 is 4.74 Å². The number of carbonyl (C=O) groups excluding carboxylic acids is 1. The van der Waals surface area contributed by atoms with E-state index in [0.717, 1.165) is 16.7 Å². The van der Waals surface area contributed by atoms with E-state index in [4.69, 9.17) is 4.74 Å². The monoisotopic (exact) mass is 342 g/mol. The van der Waals surface area contributed by atoms with Crippen molar-refractivity contribution in [1.29, 1.82) is 0 Å². The van der Waals surface area contributed by atoms with Gasteiger partial charge in [0, 0.05) is 38.8 Å². The molecule has 2 aromatic rings. The van der Waals surface area contributed by atoms with Crippen LogP contribution in [0.1, 0.15) is 32.6 Å². The Hall–Kier alpha value is -1.19. The number of carbonyl (C=O) groups is 1. The quantitative estimate of drug-likeness (QED) is 0.692. The Balaban J connectivity index is 0.00000147. The molecule has 3 rings (SSSR count). The van der Waals surface area contributed by atoms with Gasteiger partial charge in [0.25, 0.3) is 0 Å². The molecule has 0 spiro atoms. The van der Waals surface area contributed by atoms with Crippen molar-refractivity contribution in [2.45, 2.75) is 13.3 Å². The van der Waals surface area contributed by atoms with Gasteiger partial charge in [-0.2, -0.15) is 24.3 Å². The van der Waals surface area contributed by atoms with Crippen molar-refractivity contribution < 1.29 is 47.3 Å². The van der Waals surface area contributed by atoms with Crippen LogP contribution in [-0.4, -0.2) is 18.0 Å². The van der Waals surface area contributed by atoms with E-state index in [0.29, 0.717) is 23.3 Å². The minimum atomic E-state index is -0.0620. The SMILES string of the molecule is COc1cc(O)c(C)c2c1C(=O)c1ccc[c-]c1C2.[Y]. The molecule has 1 radical (unpaired) electrons. The summed E-state index contributed by atoms with van der Waals surface area (Å²) in [5.41, 5.74) is 3.66. The first-order chi connectivity index (χ1) is 9.13. The predicted octanol–water partition coefficient (Wildman–Crippen LogP) is 2.64. The van der Waals surface area contributed by atoms with E-state index >= 15 is 0 Å². The molecule has 0 saturated carbocycles. The van der Waals surface area contributed by atoms with E-state index in [1.165, 1.54) is 13.2 Å². The van der Waals surface area contributed by atoms with E-state index in [1.54, 1.807) is 12.1 Å². The summed E-state index contributed by atoms with van der Waals surface area (Å²) in [7, 11) is 1.50. The molecule has 3 nitrogen and oxygen atoms in total. The number of ether oxygens (including phenoxy) is 1. The van der Waals surface area contributed by atoms with E-state index in [1.807, 2.05) is 13.0 Å². The summed E-state index contributed by atoms with van der Waals surface area (Å²) in [4.78, 5) is 12.6. The molecule has 99 valence electrons. The second-order valence-electron chi connectivity index (χ2n) is 4.64. The van der Waals surface area contributed by atoms with Gasteiger partial charge < -0.3 is 14.6 Å². The first-order valence-electron chi connectivity index (χ1n) is 6.07. The third-order valence-electron chi connectivity index (χ3n) is 3.64. The summed E-state index contributed by atoms with van der Waals surface area (Å²) in [5.74, 6) is 0.522. The molecule has 1 N–H and O–H groups in total. The van der Waals surface area contributed by atoms with E-state index in [2.05, 4.69) is 6.07 Å². The van der Waals surface area contributed by atoms with Crippen LogP contribution in [0.15, 0.2) is 24.3 Å². The zero-order chi connectivity index (χ0) is 13.6. The van der Waals surface area contributed by atoms with Gasteiger partial charge in [0.1, 0.15) is 17.3 Å². The number of aromatic hydroxyl groups is 1. The van der Waals surface area contributed by atoms with Crippen molar-refractivity contribution in [3.63, 3.8) is 0 Å². The third kappa shape index (κ3) is 2.19. The average Bonchev–Trinajstić information content (AvgIpc) is 2.43. The second-order valence-corrected chi connectivity index (χ2v) is 4.64. The summed E-state index contributed by atoms with van der Waals surface area (Å²) in [6.45, 7) is 1.81. The van der Waals surface area contributed by atoms with Crippen LogP contribution in [0.4, 0.5) is 0 Å². The molecule has 0 amide bonds. The van der Waals surface area contributed by atoms with Crippen molar-refractivity contribution in [1.82, 2.24) is 0 Å². The second kappa shape index (κ2) is 5.67. The summed E-state index contributed by atoms with van der Waals surface area (Å²) >= 11 is 0. The van der Waals surface area contributed by atoms with Crippen LogP contribution in [0, 0.1) is 13.0 Å². The molecule has 0 aliphatic heterocycles. The molecular formula is C16H13O3Y-. The Labute approximate surface area is 142 Å². The Morgan fingerprint density at radius 3 is 2.85 bits per heavy atom. The van der Waals surface area contributed by atoms with Crippen LogP contribution in [0.25, 0.3) is 0 Å². The largest absolute Gasteiger partial charge is 0.508 e. The summed E-state index contributed by atoms with van der Waals surface area (Å²) in [6.07, 6.45) is 0.591. The Morgan fingerprint density at radius 1 is 1.40 bits per heavy atom.